The van der Waals surface area contributed by atoms with E-state index in [1.165, 1.54) is 24.3 Å². The van der Waals surface area contributed by atoms with Crippen molar-refractivity contribution < 1.29 is 23.0 Å². The van der Waals surface area contributed by atoms with Crippen LogP contribution in [0.5, 0.6) is 5.75 Å². The van der Waals surface area contributed by atoms with Gasteiger partial charge in [-0.3, -0.25) is 4.99 Å². The maximum Gasteiger partial charge on any atom is 0.387 e. The molecule has 1 aromatic heterocycles. The lowest BCUT2D eigenvalue weighted by Crippen LogP contribution is -2.38. The predicted molar refractivity (Wildman–Crippen MR) is 99.0 cm³/mol. The predicted octanol–water partition coefficient (Wildman–Crippen LogP) is 2.88. The summed E-state index contributed by atoms with van der Waals surface area (Å²) in [5.41, 5.74) is 0.555. The molecule has 1 atom stereocenters. The summed E-state index contributed by atoms with van der Waals surface area (Å²) in [6.07, 6.45) is 3.13. The fourth-order valence-electron chi connectivity index (χ4n) is 2.26. The highest BCUT2D eigenvalue weighted by Gasteiger charge is 2.09. The molecule has 0 aliphatic carbocycles. The topological polar surface area (TPSA) is 79.0 Å². The molecule has 0 radical (unpaired) electrons. The Kier molecular flexibility index (Phi) is 8.31. The maximum absolute atomic E-state index is 12.2. The van der Waals surface area contributed by atoms with Gasteiger partial charge in [0.2, 0.25) is 0 Å². The van der Waals surface area contributed by atoms with Crippen molar-refractivity contribution in [3.8, 4) is 5.75 Å². The highest BCUT2D eigenvalue weighted by molar-refractivity contribution is 5.79. The molecule has 2 aromatic rings. The van der Waals surface area contributed by atoms with Crippen LogP contribution < -0.4 is 15.4 Å². The van der Waals surface area contributed by atoms with Gasteiger partial charge in [0.25, 0.3) is 0 Å². The lowest BCUT2D eigenvalue weighted by atomic mass is 10.1. The number of halogens is 2. The van der Waals surface area contributed by atoms with Crippen molar-refractivity contribution in [3.05, 3.63) is 66.6 Å². The molecule has 0 amide bonds. The first-order valence-electron chi connectivity index (χ1n) is 8.46. The van der Waals surface area contributed by atoms with Crippen molar-refractivity contribution in [2.75, 3.05) is 19.6 Å². The zero-order chi connectivity index (χ0) is 19.5. The highest BCUT2D eigenvalue weighted by atomic mass is 19.3. The number of rotatable bonds is 10. The number of ether oxygens (including phenoxy) is 1. The van der Waals surface area contributed by atoms with Crippen LogP contribution in [0, 0.1) is 0 Å². The molecular weight excluding hydrogens is 356 g/mol. The fourth-order valence-corrected chi connectivity index (χ4v) is 2.26. The molecule has 2 rings (SSSR count). The van der Waals surface area contributed by atoms with Gasteiger partial charge in [0.05, 0.1) is 18.9 Å². The van der Waals surface area contributed by atoms with Crippen LogP contribution in [-0.4, -0.2) is 37.3 Å². The lowest BCUT2D eigenvalue weighted by Gasteiger charge is -2.13. The molecule has 0 fully saturated rings. The number of aliphatic hydroxyl groups is 1. The third-order valence-corrected chi connectivity index (χ3v) is 3.57. The lowest BCUT2D eigenvalue weighted by molar-refractivity contribution is -0.0498. The molecule has 1 heterocycles. The second-order valence-corrected chi connectivity index (χ2v) is 5.58. The SMILES string of the molecule is C=CCNC(=NCC(O)c1ccc(OC(F)F)cc1)NCCc1ccco1. The summed E-state index contributed by atoms with van der Waals surface area (Å²) in [6, 6.07) is 9.53. The van der Waals surface area contributed by atoms with E-state index in [0.717, 1.165) is 5.76 Å². The molecule has 1 aromatic carbocycles. The third kappa shape index (κ3) is 7.49. The summed E-state index contributed by atoms with van der Waals surface area (Å²) in [7, 11) is 0. The van der Waals surface area contributed by atoms with Gasteiger partial charge in [0, 0.05) is 19.5 Å². The standard InChI is InChI=1S/C19H23F2N3O3/c1-2-10-22-19(23-11-9-15-4-3-12-26-15)24-13-17(25)14-5-7-16(8-6-14)27-18(20)21/h2-8,12,17-18,25H,1,9-11,13H2,(H2,22,23,24). The van der Waals surface area contributed by atoms with E-state index in [9.17, 15) is 13.9 Å². The number of hydrogen-bond donors (Lipinski definition) is 3. The van der Waals surface area contributed by atoms with Gasteiger partial charge in [-0.25, -0.2) is 0 Å². The quantitative estimate of drug-likeness (QED) is 0.336. The Hall–Kier alpha value is -2.87. The molecule has 0 aliphatic rings. The van der Waals surface area contributed by atoms with Gasteiger partial charge < -0.3 is 24.9 Å². The van der Waals surface area contributed by atoms with Crippen molar-refractivity contribution in [1.29, 1.82) is 0 Å². The molecule has 0 saturated heterocycles. The second kappa shape index (κ2) is 11.0. The summed E-state index contributed by atoms with van der Waals surface area (Å²) < 4.78 is 33.9. The Morgan fingerprint density at radius 1 is 1.26 bits per heavy atom. The number of aliphatic hydroxyl groups excluding tert-OH is 1. The van der Waals surface area contributed by atoms with Crippen molar-refractivity contribution in [2.45, 2.75) is 19.1 Å². The number of nitrogens with one attached hydrogen (secondary N) is 2. The smallest absolute Gasteiger partial charge is 0.387 e. The van der Waals surface area contributed by atoms with Crippen LogP contribution in [0.3, 0.4) is 0 Å². The van der Waals surface area contributed by atoms with Gasteiger partial charge in [-0.2, -0.15) is 8.78 Å². The number of hydrogen-bond acceptors (Lipinski definition) is 4. The van der Waals surface area contributed by atoms with E-state index in [4.69, 9.17) is 4.42 Å². The summed E-state index contributed by atoms with van der Waals surface area (Å²) >= 11 is 0. The summed E-state index contributed by atoms with van der Waals surface area (Å²) in [6.45, 7) is 1.99. The Bertz CT molecular complexity index is 703. The van der Waals surface area contributed by atoms with E-state index >= 15 is 0 Å². The van der Waals surface area contributed by atoms with Crippen LogP contribution in [0.1, 0.15) is 17.4 Å². The zero-order valence-corrected chi connectivity index (χ0v) is 14.8. The first kappa shape index (κ1) is 20.4. The van der Waals surface area contributed by atoms with Crippen LogP contribution in [0.15, 0.2) is 64.7 Å². The summed E-state index contributed by atoms with van der Waals surface area (Å²) in [5.74, 6) is 1.42. The van der Waals surface area contributed by atoms with Crippen molar-refractivity contribution in [3.63, 3.8) is 0 Å². The van der Waals surface area contributed by atoms with Gasteiger partial charge in [-0.15, -0.1) is 6.58 Å². The molecule has 0 spiro atoms. The van der Waals surface area contributed by atoms with E-state index in [2.05, 4.69) is 26.9 Å². The minimum absolute atomic E-state index is 0.0392. The Balaban J connectivity index is 1.89. The molecule has 0 bridgehead atoms. The van der Waals surface area contributed by atoms with Crippen molar-refractivity contribution in [1.82, 2.24) is 10.6 Å². The largest absolute Gasteiger partial charge is 0.469 e. The number of guanidine groups is 1. The summed E-state index contributed by atoms with van der Waals surface area (Å²) in [5, 5.41) is 16.5. The van der Waals surface area contributed by atoms with Crippen LogP contribution in [0.25, 0.3) is 0 Å². The molecular formula is C19H23F2N3O3. The summed E-state index contributed by atoms with van der Waals surface area (Å²) in [4.78, 5) is 4.34. The van der Waals surface area contributed by atoms with Gasteiger partial charge in [0.15, 0.2) is 5.96 Å². The fraction of sp³-hybridized carbons (Fsp3) is 0.316. The van der Waals surface area contributed by atoms with Crippen molar-refractivity contribution >= 4 is 5.96 Å². The number of nitrogens with zero attached hydrogens (tertiary/aromatic N) is 1. The van der Waals surface area contributed by atoms with Gasteiger partial charge >= 0.3 is 6.61 Å². The van der Waals surface area contributed by atoms with Gasteiger partial charge in [0.1, 0.15) is 11.5 Å². The maximum atomic E-state index is 12.2. The highest BCUT2D eigenvalue weighted by Crippen LogP contribution is 2.19. The molecule has 1 unspecified atom stereocenters. The average Bonchev–Trinajstić information content (AvgIpc) is 3.17. The average molecular weight is 379 g/mol. The molecule has 146 valence electrons. The Labute approximate surface area is 156 Å². The number of aliphatic imine (C=N–C) groups is 1. The third-order valence-electron chi connectivity index (χ3n) is 3.57. The number of furan rings is 1. The molecule has 27 heavy (non-hydrogen) atoms. The van der Waals surface area contributed by atoms with Crippen LogP contribution >= 0.6 is 0 Å². The van der Waals surface area contributed by atoms with E-state index in [1.807, 2.05) is 12.1 Å². The van der Waals surface area contributed by atoms with Crippen molar-refractivity contribution in [2.24, 2.45) is 4.99 Å². The van der Waals surface area contributed by atoms with Gasteiger partial charge in [-0.1, -0.05) is 18.2 Å². The van der Waals surface area contributed by atoms with E-state index in [0.29, 0.717) is 31.0 Å². The molecule has 6 nitrogen and oxygen atoms in total. The van der Waals surface area contributed by atoms with E-state index < -0.39 is 12.7 Å². The Morgan fingerprint density at radius 2 is 2.04 bits per heavy atom. The molecule has 8 heteroatoms. The number of alkyl halides is 2. The normalized spacial score (nSPS) is 12.7. The second-order valence-electron chi connectivity index (χ2n) is 5.58. The first-order chi connectivity index (χ1) is 13.1. The molecule has 3 N–H and O–H groups in total. The minimum Gasteiger partial charge on any atom is -0.469 e. The monoisotopic (exact) mass is 379 g/mol. The molecule has 0 saturated carbocycles. The minimum atomic E-state index is -2.88. The van der Waals surface area contributed by atoms with Crippen LogP contribution in [0.2, 0.25) is 0 Å². The van der Waals surface area contributed by atoms with E-state index in [1.54, 1.807) is 12.3 Å². The molecule has 0 aliphatic heterocycles. The first-order valence-corrected chi connectivity index (χ1v) is 8.46. The van der Waals surface area contributed by atoms with Crippen LogP contribution in [-0.2, 0) is 6.42 Å². The number of benzene rings is 1. The van der Waals surface area contributed by atoms with Crippen LogP contribution in [0.4, 0.5) is 8.78 Å². The van der Waals surface area contributed by atoms with E-state index in [-0.39, 0.29) is 12.3 Å². The Morgan fingerprint density at radius 3 is 2.67 bits per heavy atom. The van der Waals surface area contributed by atoms with Gasteiger partial charge in [-0.05, 0) is 29.8 Å². The zero-order valence-electron chi connectivity index (χ0n) is 14.8.